The number of amidine groups is 1. The first-order chi connectivity index (χ1) is 18.3. The van der Waals surface area contributed by atoms with E-state index >= 15 is 0 Å². The van der Waals surface area contributed by atoms with Crippen molar-refractivity contribution in [3.63, 3.8) is 0 Å². The Hall–Kier alpha value is -3.02. The monoisotopic (exact) mass is 543 g/mol. The van der Waals surface area contributed by atoms with Crippen molar-refractivity contribution in [2.75, 3.05) is 11.4 Å². The summed E-state index contributed by atoms with van der Waals surface area (Å²) < 4.78 is 0. The second-order valence-corrected chi connectivity index (χ2v) is 12.1. The zero-order valence-electron chi connectivity index (χ0n) is 22.4. The van der Waals surface area contributed by atoms with Crippen molar-refractivity contribution in [2.45, 2.75) is 58.5 Å². The van der Waals surface area contributed by atoms with Crippen LogP contribution >= 0.6 is 23.4 Å². The number of nitrogens with zero attached hydrogens (tertiary/aromatic N) is 3. The van der Waals surface area contributed by atoms with Gasteiger partial charge in [0, 0.05) is 22.8 Å². The fraction of sp³-hybridized carbons (Fsp3) is 0.312. The zero-order valence-corrected chi connectivity index (χ0v) is 24.0. The van der Waals surface area contributed by atoms with Gasteiger partial charge in [-0.3, -0.25) is 9.69 Å². The van der Waals surface area contributed by atoms with E-state index in [-0.39, 0.29) is 11.4 Å². The first kappa shape index (κ1) is 26.6. The lowest BCUT2D eigenvalue weighted by atomic mass is 9.79. The molecule has 2 aliphatic rings. The van der Waals surface area contributed by atoms with Crippen LogP contribution in [0, 0.1) is 0 Å². The van der Waals surface area contributed by atoms with Crippen LogP contribution in [0.2, 0.25) is 5.02 Å². The molecule has 1 saturated heterocycles. The smallest absolute Gasteiger partial charge is 0.267 e. The van der Waals surface area contributed by atoms with Gasteiger partial charge in [0.25, 0.3) is 5.91 Å². The minimum absolute atomic E-state index is 0.0517. The molecule has 1 fully saturated rings. The average molecular weight is 544 g/mol. The number of halogens is 1. The fourth-order valence-corrected chi connectivity index (χ4v) is 6.73. The third-order valence-corrected chi connectivity index (χ3v) is 8.62. The number of benzene rings is 3. The zero-order chi connectivity index (χ0) is 26.9. The van der Waals surface area contributed by atoms with Crippen molar-refractivity contribution in [1.29, 1.82) is 0 Å². The van der Waals surface area contributed by atoms with Crippen molar-refractivity contribution >= 4 is 51.9 Å². The molecule has 3 aromatic carbocycles. The van der Waals surface area contributed by atoms with Crippen LogP contribution in [-0.2, 0) is 11.3 Å². The van der Waals surface area contributed by atoms with Crippen LogP contribution in [0.15, 0.2) is 82.7 Å². The molecule has 3 aromatic rings. The molecule has 38 heavy (non-hydrogen) atoms. The molecule has 4 nitrogen and oxygen atoms in total. The summed E-state index contributed by atoms with van der Waals surface area (Å²) in [5, 5.41) is 1.34. The van der Waals surface area contributed by atoms with Crippen molar-refractivity contribution in [1.82, 2.24) is 4.90 Å². The van der Waals surface area contributed by atoms with E-state index in [0.717, 1.165) is 36.2 Å². The van der Waals surface area contributed by atoms with Crippen molar-refractivity contribution in [3.8, 4) is 0 Å². The molecule has 0 saturated carbocycles. The van der Waals surface area contributed by atoms with Crippen LogP contribution in [0.25, 0.3) is 6.08 Å². The Labute approximate surface area is 235 Å². The number of para-hydroxylation sites is 1. The Morgan fingerprint density at radius 2 is 1.76 bits per heavy atom. The van der Waals surface area contributed by atoms with E-state index in [4.69, 9.17) is 16.6 Å². The van der Waals surface area contributed by atoms with Crippen LogP contribution < -0.4 is 4.90 Å². The summed E-state index contributed by atoms with van der Waals surface area (Å²) in [5.41, 5.74) is 5.34. The van der Waals surface area contributed by atoms with Gasteiger partial charge in [-0.2, -0.15) is 0 Å². The van der Waals surface area contributed by atoms with Gasteiger partial charge >= 0.3 is 0 Å². The van der Waals surface area contributed by atoms with Gasteiger partial charge in [0.2, 0.25) is 0 Å². The normalized spacial score (nSPS) is 20.9. The van der Waals surface area contributed by atoms with E-state index < -0.39 is 0 Å². The van der Waals surface area contributed by atoms with E-state index in [1.807, 2.05) is 66.7 Å². The Kier molecular flexibility index (Phi) is 7.69. The van der Waals surface area contributed by atoms with E-state index in [1.165, 1.54) is 23.0 Å². The standard InChI is InChI=1S/C32H34ClN3OS/c1-5-16-36-28-19-27(33)24(17-26(28)22(2)20-32(36,3)4)18-29-30(37)35(21-23-12-8-6-9-13-23)31(38-29)34-25-14-10-7-11-15-25/h6-15,17-19,22H,5,16,20-21H2,1-4H3/b29-18+,34-31?. The molecule has 2 aliphatic heterocycles. The molecular weight excluding hydrogens is 510 g/mol. The topological polar surface area (TPSA) is 35.9 Å². The summed E-state index contributed by atoms with van der Waals surface area (Å²) in [5.74, 6) is 0.350. The predicted molar refractivity (Wildman–Crippen MR) is 162 cm³/mol. The molecular formula is C32H34ClN3OS. The van der Waals surface area contributed by atoms with E-state index in [2.05, 4.69) is 44.7 Å². The number of hydrogen-bond donors (Lipinski definition) is 0. The van der Waals surface area contributed by atoms with Crippen molar-refractivity contribution < 1.29 is 4.79 Å². The summed E-state index contributed by atoms with van der Waals surface area (Å²) in [6.45, 7) is 10.6. The lowest BCUT2D eigenvalue weighted by molar-refractivity contribution is -0.122. The molecule has 2 heterocycles. The number of thioether (sulfide) groups is 1. The number of anilines is 1. The molecule has 1 atom stereocenters. The Morgan fingerprint density at radius 3 is 2.45 bits per heavy atom. The summed E-state index contributed by atoms with van der Waals surface area (Å²) in [7, 11) is 0. The molecule has 0 spiro atoms. The van der Waals surface area contributed by atoms with Gasteiger partial charge < -0.3 is 4.90 Å². The SMILES string of the molecule is CCCN1c2cc(Cl)c(/C=C3/SC(=Nc4ccccc4)N(Cc4ccccc4)C3=O)cc2C(C)CC1(C)C. The third kappa shape index (κ3) is 5.41. The van der Waals surface area contributed by atoms with Gasteiger partial charge in [-0.1, -0.05) is 74.0 Å². The molecule has 0 radical (unpaired) electrons. The lowest BCUT2D eigenvalue weighted by Gasteiger charge is -2.47. The highest BCUT2D eigenvalue weighted by Crippen LogP contribution is 2.46. The van der Waals surface area contributed by atoms with Crippen LogP contribution in [0.5, 0.6) is 0 Å². The van der Waals surface area contributed by atoms with Gasteiger partial charge in [0.15, 0.2) is 5.17 Å². The highest BCUT2D eigenvalue weighted by molar-refractivity contribution is 8.18. The van der Waals surface area contributed by atoms with Crippen LogP contribution in [0.3, 0.4) is 0 Å². The quantitative estimate of drug-likeness (QED) is 0.292. The second-order valence-electron chi connectivity index (χ2n) is 10.7. The van der Waals surface area contributed by atoms with E-state index in [9.17, 15) is 4.79 Å². The fourth-order valence-electron chi connectivity index (χ4n) is 5.53. The Morgan fingerprint density at radius 1 is 1.08 bits per heavy atom. The number of carbonyl (C=O) groups excluding carboxylic acids is 1. The molecule has 6 heteroatoms. The third-order valence-electron chi connectivity index (χ3n) is 7.29. The number of carbonyl (C=O) groups is 1. The van der Waals surface area contributed by atoms with Crippen LogP contribution in [-0.4, -0.2) is 28.1 Å². The lowest BCUT2D eigenvalue weighted by Crippen LogP contribution is -2.48. The Bertz CT molecular complexity index is 1380. The van der Waals surface area contributed by atoms with Crippen molar-refractivity contribution in [2.24, 2.45) is 4.99 Å². The number of rotatable bonds is 6. The largest absolute Gasteiger partial charge is 0.366 e. The molecule has 5 rings (SSSR count). The number of aliphatic imine (C=N–C) groups is 1. The summed E-state index contributed by atoms with van der Waals surface area (Å²) >= 11 is 8.30. The van der Waals surface area contributed by atoms with E-state index in [0.29, 0.717) is 27.6 Å². The highest BCUT2D eigenvalue weighted by atomic mass is 35.5. The highest BCUT2D eigenvalue weighted by Gasteiger charge is 2.37. The maximum Gasteiger partial charge on any atom is 0.267 e. The van der Waals surface area contributed by atoms with Gasteiger partial charge in [0.1, 0.15) is 0 Å². The summed E-state index contributed by atoms with van der Waals surface area (Å²) in [6, 6.07) is 24.1. The van der Waals surface area contributed by atoms with E-state index in [1.54, 1.807) is 4.90 Å². The number of amides is 1. The molecule has 1 unspecified atom stereocenters. The van der Waals surface area contributed by atoms with Gasteiger partial charge in [-0.05, 0) is 91.4 Å². The maximum absolute atomic E-state index is 13.7. The van der Waals surface area contributed by atoms with Gasteiger partial charge in [-0.15, -0.1) is 0 Å². The van der Waals surface area contributed by atoms with Crippen LogP contribution in [0.1, 0.15) is 63.1 Å². The van der Waals surface area contributed by atoms with Gasteiger partial charge in [0.05, 0.1) is 17.1 Å². The summed E-state index contributed by atoms with van der Waals surface area (Å²) in [4.78, 5) is 23.4. The summed E-state index contributed by atoms with van der Waals surface area (Å²) in [6.07, 6.45) is 4.09. The minimum atomic E-state index is -0.0517. The first-order valence-electron chi connectivity index (χ1n) is 13.3. The predicted octanol–water partition coefficient (Wildman–Crippen LogP) is 8.65. The Balaban J connectivity index is 1.53. The van der Waals surface area contributed by atoms with Crippen LogP contribution in [0.4, 0.5) is 11.4 Å². The average Bonchev–Trinajstić information content (AvgIpc) is 3.17. The van der Waals surface area contributed by atoms with Gasteiger partial charge in [-0.25, -0.2) is 4.99 Å². The number of fused-ring (bicyclic) bond motifs is 1. The molecule has 0 bridgehead atoms. The molecule has 0 aromatic heterocycles. The molecule has 0 N–H and O–H groups in total. The van der Waals surface area contributed by atoms with Crippen molar-refractivity contribution in [3.05, 3.63) is 99.4 Å². The second kappa shape index (κ2) is 11.0. The molecule has 1 amide bonds. The maximum atomic E-state index is 13.7. The minimum Gasteiger partial charge on any atom is -0.366 e. The number of hydrogen-bond acceptors (Lipinski definition) is 4. The molecule has 196 valence electrons. The first-order valence-corrected chi connectivity index (χ1v) is 14.5. The molecule has 0 aliphatic carbocycles.